The van der Waals surface area contributed by atoms with Gasteiger partial charge >= 0.3 is 0 Å². The van der Waals surface area contributed by atoms with Crippen molar-refractivity contribution >= 4 is 21.6 Å². The molecule has 0 unspecified atom stereocenters. The molecule has 0 fully saturated rings. The van der Waals surface area contributed by atoms with Crippen LogP contribution >= 0.6 is 0 Å². The molecule has 0 aliphatic heterocycles. The summed E-state index contributed by atoms with van der Waals surface area (Å²) in [6.07, 6.45) is 1.07. The maximum Gasteiger partial charge on any atom is 0.251 e. The number of para-hydroxylation sites is 1. The molecule has 3 aromatic rings. The van der Waals surface area contributed by atoms with Crippen molar-refractivity contribution in [2.75, 3.05) is 23.7 Å². The Morgan fingerprint density at radius 1 is 1.03 bits per heavy atom. The minimum Gasteiger partial charge on any atom is -0.491 e. The van der Waals surface area contributed by atoms with Gasteiger partial charge in [0.2, 0.25) is 10.0 Å². The Labute approximate surface area is 187 Å². The number of aryl methyl sites for hydroxylation is 1. The van der Waals surface area contributed by atoms with E-state index in [9.17, 15) is 17.6 Å². The van der Waals surface area contributed by atoms with Gasteiger partial charge in [-0.05, 0) is 54.4 Å². The topological polar surface area (TPSA) is 75.7 Å². The zero-order valence-electron chi connectivity index (χ0n) is 17.9. The summed E-state index contributed by atoms with van der Waals surface area (Å²) in [5.74, 6) is 0.00411. The highest BCUT2D eigenvalue weighted by Crippen LogP contribution is 2.21. The predicted octanol–water partition coefficient (Wildman–Crippen LogP) is 3.91. The number of hydrogen-bond donors (Lipinski definition) is 1. The highest BCUT2D eigenvalue weighted by Gasteiger charge is 2.18. The highest BCUT2D eigenvalue weighted by atomic mass is 32.2. The molecule has 0 aromatic heterocycles. The maximum absolute atomic E-state index is 13.6. The number of anilines is 1. The number of amides is 1. The minimum absolute atomic E-state index is 0.0223. The van der Waals surface area contributed by atoms with Crippen LogP contribution in [0.3, 0.4) is 0 Å². The molecule has 0 aliphatic rings. The Kier molecular flexibility index (Phi) is 7.48. The predicted molar refractivity (Wildman–Crippen MR) is 123 cm³/mol. The lowest BCUT2D eigenvalue weighted by atomic mass is 10.1. The second-order valence-corrected chi connectivity index (χ2v) is 9.22. The van der Waals surface area contributed by atoms with Crippen LogP contribution in [0.4, 0.5) is 10.1 Å². The first-order valence-corrected chi connectivity index (χ1v) is 11.9. The standard InChI is InChI=1S/C24H25FN2O4S/c1-18-6-3-4-9-23(18)31-15-14-26-24(28)20-12-10-19(11-13-20)17-27(32(2,29)30)22-8-5-7-21(25)16-22/h3-13,16H,14-15,17H2,1-2H3,(H,26,28). The van der Waals surface area contributed by atoms with Gasteiger partial charge < -0.3 is 10.1 Å². The number of nitrogens with zero attached hydrogens (tertiary/aromatic N) is 1. The zero-order chi connectivity index (χ0) is 23.1. The van der Waals surface area contributed by atoms with Gasteiger partial charge in [0.25, 0.3) is 5.91 Å². The summed E-state index contributed by atoms with van der Waals surface area (Å²) < 4.78 is 44.8. The maximum atomic E-state index is 13.6. The van der Waals surface area contributed by atoms with E-state index >= 15 is 0 Å². The molecule has 6 nitrogen and oxygen atoms in total. The number of hydrogen-bond acceptors (Lipinski definition) is 4. The molecule has 1 N–H and O–H groups in total. The van der Waals surface area contributed by atoms with E-state index in [1.165, 1.54) is 24.3 Å². The first-order valence-electron chi connectivity index (χ1n) is 10.0. The van der Waals surface area contributed by atoms with E-state index in [-0.39, 0.29) is 18.1 Å². The Morgan fingerprint density at radius 3 is 2.41 bits per heavy atom. The van der Waals surface area contributed by atoms with Crippen LogP contribution in [0.2, 0.25) is 0 Å². The van der Waals surface area contributed by atoms with Crippen molar-refractivity contribution in [1.29, 1.82) is 0 Å². The largest absolute Gasteiger partial charge is 0.491 e. The minimum atomic E-state index is -3.63. The van der Waals surface area contributed by atoms with Crippen molar-refractivity contribution in [3.63, 3.8) is 0 Å². The summed E-state index contributed by atoms with van der Waals surface area (Å²) >= 11 is 0. The van der Waals surface area contributed by atoms with Gasteiger partial charge in [0.1, 0.15) is 18.2 Å². The van der Waals surface area contributed by atoms with Crippen LogP contribution in [0.1, 0.15) is 21.5 Å². The Balaban J connectivity index is 1.58. The lowest BCUT2D eigenvalue weighted by molar-refractivity contribution is 0.0947. The molecule has 0 saturated carbocycles. The Hall–Kier alpha value is -3.39. The number of carbonyl (C=O) groups is 1. The monoisotopic (exact) mass is 456 g/mol. The summed E-state index contributed by atoms with van der Waals surface area (Å²) in [5, 5.41) is 2.79. The molecule has 0 aliphatic carbocycles. The second kappa shape index (κ2) is 10.3. The molecule has 0 bridgehead atoms. The lowest BCUT2D eigenvalue weighted by Gasteiger charge is -2.22. The van der Waals surface area contributed by atoms with Crippen molar-refractivity contribution in [2.24, 2.45) is 0 Å². The second-order valence-electron chi connectivity index (χ2n) is 7.32. The van der Waals surface area contributed by atoms with Crippen molar-refractivity contribution in [2.45, 2.75) is 13.5 Å². The van der Waals surface area contributed by atoms with E-state index in [4.69, 9.17) is 4.74 Å². The van der Waals surface area contributed by atoms with Gasteiger partial charge in [-0.1, -0.05) is 36.4 Å². The van der Waals surface area contributed by atoms with Crippen LogP contribution in [-0.4, -0.2) is 33.7 Å². The van der Waals surface area contributed by atoms with Crippen LogP contribution in [0.15, 0.2) is 72.8 Å². The molecule has 0 spiro atoms. The quantitative estimate of drug-likeness (QED) is 0.496. The van der Waals surface area contributed by atoms with Crippen molar-refractivity contribution < 1.29 is 22.3 Å². The zero-order valence-corrected chi connectivity index (χ0v) is 18.7. The first-order chi connectivity index (χ1) is 15.2. The van der Waals surface area contributed by atoms with E-state index in [1.54, 1.807) is 24.3 Å². The molecule has 168 valence electrons. The Bertz CT molecular complexity index is 1180. The van der Waals surface area contributed by atoms with E-state index in [1.807, 2.05) is 31.2 Å². The van der Waals surface area contributed by atoms with Crippen LogP contribution in [-0.2, 0) is 16.6 Å². The molecule has 0 atom stereocenters. The van der Waals surface area contributed by atoms with Gasteiger partial charge in [0.05, 0.1) is 25.0 Å². The number of halogens is 1. The normalized spacial score (nSPS) is 11.1. The summed E-state index contributed by atoms with van der Waals surface area (Å²) in [7, 11) is -3.63. The molecule has 32 heavy (non-hydrogen) atoms. The molecular weight excluding hydrogens is 431 g/mol. The average Bonchev–Trinajstić information content (AvgIpc) is 2.75. The fourth-order valence-electron chi connectivity index (χ4n) is 3.10. The summed E-state index contributed by atoms with van der Waals surface area (Å²) in [5.41, 5.74) is 2.37. The van der Waals surface area contributed by atoms with E-state index < -0.39 is 15.8 Å². The van der Waals surface area contributed by atoms with Gasteiger partial charge in [-0.3, -0.25) is 9.10 Å². The van der Waals surface area contributed by atoms with Gasteiger partial charge in [0.15, 0.2) is 0 Å². The molecule has 0 radical (unpaired) electrons. The summed E-state index contributed by atoms with van der Waals surface area (Å²) in [4.78, 5) is 12.4. The van der Waals surface area contributed by atoms with Gasteiger partial charge in [0, 0.05) is 5.56 Å². The highest BCUT2D eigenvalue weighted by molar-refractivity contribution is 7.92. The van der Waals surface area contributed by atoms with Gasteiger partial charge in [-0.2, -0.15) is 0 Å². The van der Waals surface area contributed by atoms with Crippen LogP contribution in [0.25, 0.3) is 0 Å². The number of sulfonamides is 1. The fourth-order valence-corrected chi connectivity index (χ4v) is 3.98. The van der Waals surface area contributed by atoms with Crippen molar-refractivity contribution in [3.8, 4) is 5.75 Å². The number of benzene rings is 3. The molecule has 8 heteroatoms. The van der Waals surface area contributed by atoms with Gasteiger partial charge in [-0.15, -0.1) is 0 Å². The third-order valence-corrected chi connectivity index (χ3v) is 5.92. The van der Waals surface area contributed by atoms with E-state index in [2.05, 4.69) is 5.32 Å². The van der Waals surface area contributed by atoms with Crippen LogP contribution in [0.5, 0.6) is 5.75 Å². The number of ether oxygens (including phenoxy) is 1. The van der Waals surface area contributed by atoms with Crippen LogP contribution < -0.4 is 14.4 Å². The summed E-state index contributed by atoms with van der Waals surface area (Å²) in [6.45, 7) is 2.66. The first kappa shape index (κ1) is 23.3. The summed E-state index contributed by atoms with van der Waals surface area (Å²) in [6, 6.07) is 19.7. The Morgan fingerprint density at radius 2 is 1.75 bits per heavy atom. The van der Waals surface area contributed by atoms with Crippen molar-refractivity contribution in [3.05, 3.63) is 95.3 Å². The molecular formula is C24H25FN2O4S. The third kappa shape index (κ3) is 6.31. The molecule has 1 amide bonds. The SMILES string of the molecule is Cc1ccccc1OCCNC(=O)c1ccc(CN(c2cccc(F)c2)S(C)(=O)=O)cc1. The molecule has 3 rings (SSSR count). The molecule has 3 aromatic carbocycles. The number of rotatable bonds is 9. The smallest absolute Gasteiger partial charge is 0.251 e. The van der Waals surface area contributed by atoms with Gasteiger partial charge in [-0.25, -0.2) is 12.8 Å². The molecule has 0 heterocycles. The molecule has 0 saturated heterocycles. The number of nitrogens with one attached hydrogen (secondary N) is 1. The average molecular weight is 457 g/mol. The van der Waals surface area contributed by atoms with E-state index in [0.29, 0.717) is 24.3 Å². The lowest BCUT2D eigenvalue weighted by Crippen LogP contribution is -2.29. The third-order valence-electron chi connectivity index (χ3n) is 4.78. The number of carbonyl (C=O) groups excluding carboxylic acids is 1. The fraction of sp³-hybridized carbons (Fsp3) is 0.208. The van der Waals surface area contributed by atoms with E-state index in [0.717, 1.165) is 21.9 Å². The van der Waals surface area contributed by atoms with Crippen molar-refractivity contribution in [1.82, 2.24) is 5.32 Å². The van der Waals surface area contributed by atoms with Crippen LogP contribution in [0, 0.1) is 12.7 Å².